The van der Waals surface area contributed by atoms with E-state index in [0.717, 1.165) is 74.2 Å². The largest absolute Gasteiger partial charge is 0.378 e. The standard InChI is InChI=1S/C24H30N4O3/c1-17-4-2-3-5-18(17)16-20(29)27-10-8-24(9-11-27)7-6-19-21(24)25-23(26-22(19)30)28-12-14-31-15-13-28/h2-5H,6-16H2,1H3,(H,25,26,30). The summed E-state index contributed by atoms with van der Waals surface area (Å²) < 4.78 is 5.44. The number of ether oxygens (including phenoxy) is 1. The molecule has 31 heavy (non-hydrogen) atoms. The van der Waals surface area contributed by atoms with Crippen LogP contribution in [0, 0.1) is 6.92 Å². The van der Waals surface area contributed by atoms with E-state index in [1.165, 1.54) is 0 Å². The minimum absolute atomic E-state index is 0.00132. The van der Waals surface area contributed by atoms with Crippen molar-refractivity contribution in [2.45, 2.75) is 44.4 Å². The van der Waals surface area contributed by atoms with E-state index in [0.29, 0.717) is 25.6 Å². The number of anilines is 1. The van der Waals surface area contributed by atoms with E-state index >= 15 is 0 Å². The molecule has 1 spiro atoms. The molecule has 1 aromatic carbocycles. The summed E-state index contributed by atoms with van der Waals surface area (Å²) in [6, 6.07) is 8.09. The quantitative estimate of drug-likeness (QED) is 0.818. The van der Waals surface area contributed by atoms with Crippen LogP contribution in [0.15, 0.2) is 29.1 Å². The first-order valence-electron chi connectivity index (χ1n) is 11.3. The van der Waals surface area contributed by atoms with Crippen LogP contribution in [0.2, 0.25) is 0 Å². The molecule has 1 N–H and O–H groups in total. The molecule has 2 aliphatic heterocycles. The highest BCUT2D eigenvalue weighted by atomic mass is 16.5. The molecule has 0 bridgehead atoms. The second-order valence-corrected chi connectivity index (χ2v) is 9.08. The van der Waals surface area contributed by atoms with Crippen molar-refractivity contribution < 1.29 is 9.53 Å². The third-order valence-electron chi connectivity index (χ3n) is 7.35. The minimum atomic E-state index is -0.0793. The number of hydrogen-bond acceptors (Lipinski definition) is 5. The molecule has 0 saturated carbocycles. The van der Waals surface area contributed by atoms with Gasteiger partial charge in [-0.25, -0.2) is 4.98 Å². The Morgan fingerprint density at radius 3 is 2.61 bits per heavy atom. The van der Waals surface area contributed by atoms with E-state index in [1.807, 2.05) is 23.1 Å². The van der Waals surface area contributed by atoms with Gasteiger partial charge in [0.1, 0.15) is 0 Å². The Hall–Kier alpha value is -2.67. The Bertz CT molecular complexity index is 1030. The number of hydrogen-bond donors (Lipinski definition) is 1. The van der Waals surface area contributed by atoms with Crippen LogP contribution < -0.4 is 10.5 Å². The molecular weight excluding hydrogens is 392 g/mol. The molecule has 0 atom stereocenters. The molecule has 164 valence electrons. The van der Waals surface area contributed by atoms with Crippen LogP contribution in [0.5, 0.6) is 0 Å². The third-order valence-corrected chi connectivity index (χ3v) is 7.35. The van der Waals surface area contributed by atoms with Crippen LogP contribution in [-0.2, 0) is 27.8 Å². The van der Waals surface area contributed by atoms with Crippen LogP contribution in [0.25, 0.3) is 0 Å². The highest BCUT2D eigenvalue weighted by molar-refractivity contribution is 5.79. The fourth-order valence-corrected chi connectivity index (χ4v) is 5.32. The van der Waals surface area contributed by atoms with Crippen molar-refractivity contribution in [3.63, 3.8) is 0 Å². The lowest BCUT2D eigenvalue weighted by molar-refractivity contribution is -0.132. The number of nitrogens with zero attached hydrogens (tertiary/aromatic N) is 3. The minimum Gasteiger partial charge on any atom is -0.378 e. The van der Waals surface area contributed by atoms with Gasteiger partial charge < -0.3 is 14.5 Å². The van der Waals surface area contributed by atoms with Gasteiger partial charge >= 0.3 is 0 Å². The molecule has 3 heterocycles. The number of piperidine rings is 1. The maximum absolute atomic E-state index is 12.9. The molecule has 2 aromatic rings. The van der Waals surface area contributed by atoms with E-state index < -0.39 is 0 Å². The van der Waals surface area contributed by atoms with Gasteiger partial charge in [-0.2, -0.15) is 0 Å². The van der Waals surface area contributed by atoms with Gasteiger partial charge in [0.25, 0.3) is 5.56 Å². The number of amides is 1. The smallest absolute Gasteiger partial charge is 0.255 e. The van der Waals surface area contributed by atoms with Gasteiger partial charge in [-0.3, -0.25) is 14.6 Å². The zero-order chi connectivity index (χ0) is 21.4. The molecule has 5 rings (SSSR count). The summed E-state index contributed by atoms with van der Waals surface area (Å²) in [5.74, 6) is 0.863. The number of carbonyl (C=O) groups is 1. The van der Waals surface area contributed by atoms with Crippen LogP contribution in [0.4, 0.5) is 5.95 Å². The lowest BCUT2D eigenvalue weighted by Gasteiger charge is -2.39. The van der Waals surface area contributed by atoms with Crippen LogP contribution in [-0.4, -0.2) is 60.2 Å². The highest BCUT2D eigenvalue weighted by Crippen LogP contribution is 2.44. The fourth-order valence-electron chi connectivity index (χ4n) is 5.32. The molecule has 0 unspecified atom stereocenters. The van der Waals surface area contributed by atoms with E-state index in [1.54, 1.807) is 0 Å². The highest BCUT2D eigenvalue weighted by Gasteiger charge is 2.44. The molecular formula is C24H30N4O3. The molecule has 7 heteroatoms. The van der Waals surface area contributed by atoms with Crippen molar-refractivity contribution in [2.75, 3.05) is 44.3 Å². The lowest BCUT2D eigenvalue weighted by atomic mass is 9.76. The predicted molar refractivity (Wildman–Crippen MR) is 119 cm³/mol. The Morgan fingerprint density at radius 2 is 1.87 bits per heavy atom. The number of likely N-dealkylation sites (tertiary alicyclic amines) is 1. The van der Waals surface area contributed by atoms with Gasteiger partial charge in [0.15, 0.2) is 0 Å². The Kier molecular flexibility index (Phi) is 5.30. The average Bonchev–Trinajstić information content (AvgIpc) is 3.15. The summed E-state index contributed by atoms with van der Waals surface area (Å²) in [6.07, 6.45) is 3.93. The van der Waals surface area contributed by atoms with Gasteiger partial charge in [0.2, 0.25) is 11.9 Å². The second kappa shape index (κ2) is 8.11. The van der Waals surface area contributed by atoms with Gasteiger partial charge in [-0.1, -0.05) is 24.3 Å². The molecule has 2 saturated heterocycles. The van der Waals surface area contributed by atoms with Crippen LogP contribution in [0.3, 0.4) is 0 Å². The Balaban J connectivity index is 1.32. The number of nitrogens with one attached hydrogen (secondary N) is 1. The summed E-state index contributed by atoms with van der Waals surface area (Å²) in [7, 11) is 0. The molecule has 3 aliphatic rings. The lowest BCUT2D eigenvalue weighted by Crippen LogP contribution is -2.45. The van der Waals surface area contributed by atoms with Gasteiger partial charge in [-0.05, 0) is 43.7 Å². The first kappa shape index (κ1) is 20.2. The number of rotatable bonds is 3. The summed E-state index contributed by atoms with van der Waals surface area (Å²) in [6.45, 7) is 6.31. The topological polar surface area (TPSA) is 78.5 Å². The molecule has 1 aliphatic carbocycles. The Morgan fingerprint density at radius 1 is 1.13 bits per heavy atom. The fraction of sp³-hybridized carbons (Fsp3) is 0.542. The predicted octanol–water partition coefficient (Wildman–Crippen LogP) is 1.96. The molecule has 2 fully saturated rings. The van der Waals surface area contributed by atoms with Gasteiger partial charge in [0, 0.05) is 37.2 Å². The van der Waals surface area contributed by atoms with E-state index in [-0.39, 0.29) is 16.9 Å². The number of carbonyl (C=O) groups excluding carboxylic acids is 1. The second-order valence-electron chi connectivity index (χ2n) is 9.08. The number of aryl methyl sites for hydroxylation is 1. The summed E-state index contributed by atoms with van der Waals surface area (Å²) in [5, 5.41) is 0. The number of aromatic nitrogens is 2. The summed E-state index contributed by atoms with van der Waals surface area (Å²) >= 11 is 0. The molecule has 7 nitrogen and oxygen atoms in total. The zero-order valence-corrected chi connectivity index (χ0v) is 18.2. The van der Waals surface area contributed by atoms with Crippen molar-refractivity contribution in [1.29, 1.82) is 0 Å². The summed E-state index contributed by atoms with van der Waals surface area (Å²) in [4.78, 5) is 37.8. The number of morpholine rings is 1. The van der Waals surface area contributed by atoms with Crippen molar-refractivity contribution in [2.24, 2.45) is 0 Å². The third kappa shape index (κ3) is 3.76. The molecule has 1 amide bonds. The number of H-pyrrole nitrogens is 1. The van der Waals surface area contributed by atoms with Crippen molar-refractivity contribution in [3.8, 4) is 0 Å². The van der Waals surface area contributed by atoms with Crippen molar-refractivity contribution in [3.05, 3.63) is 57.0 Å². The SMILES string of the molecule is Cc1ccccc1CC(=O)N1CCC2(CCc3c2nc(N2CCOCC2)[nH]c3=O)CC1. The number of benzene rings is 1. The van der Waals surface area contributed by atoms with Crippen molar-refractivity contribution >= 4 is 11.9 Å². The summed E-state index contributed by atoms with van der Waals surface area (Å²) in [5.41, 5.74) is 4.00. The average molecular weight is 423 g/mol. The molecule has 0 radical (unpaired) electrons. The normalized spacial score (nSPS) is 20.2. The van der Waals surface area contributed by atoms with E-state index in [4.69, 9.17) is 9.72 Å². The van der Waals surface area contributed by atoms with Crippen molar-refractivity contribution in [1.82, 2.24) is 14.9 Å². The van der Waals surface area contributed by atoms with E-state index in [9.17, 15) is 9.59 Å². The molecule has 1 aromatic heterocycles. The maximum Gasteiger partial charge on any atom is 0.255 e. The van der Waals surface area contributed by atoms with E-state index in [2.05, 4.69) is 22.9 Å². The van der Waals surface area contributed by atoms with Crippen LogP contribution in [0.1, 0.15) is 41.6 Å². The van der Waals surface area contributed by atoms with Gasteiger partial charge in [0.05, 0.1) is 25.3 Å². The first-order chi connectivity index (χ1) is 15.1. The first-order valence-corrected chi connectivity index (χ1v) is 11.3. The van der Waals surface area contributed by atoms with Gasteiger partial charge in [-0.15, -0.1) is 0 Å². The monoisotopic (exact) mass is 422 g/mol. The van der Waals surface area contributed by atoms with Crippen LogP contribution >= 0.6 is 0 Å². The zero-order valence-electron chi connectivity index (χ0n) is 18.2. The number of aromatic amines is 1. The Labute approximate surface area is 182 Å². The number of fused-ring (bicyclic) bond motifs is 2. The maximum atomic E-state index is 12.9.